The highest BCUT2D eigenvalue weighted by Gasteiger charge is 2.36. The van der Waals surface area contributed by atoms with Crippen molar-refractivity contribution in [2.75, 3.05) is 51.1 Å². The second kappa shape index (κ2) is 14.4. The topological polar surface area (TPSA) is 114 Å². The monoisotopic (exact) mass is 681 g/mol. The number of hydrogen-bond donors (Lipinski definition) is 3. The summed E-state index contributed by atoms with van der Waals surface area (Å²) in [5, 5.41) is 16.5. The molecule has 1 atom stereocenters. The van der Waals surface area contributed by atoms with Gasteiger partial charge in [0.05, 0.1) is 4.47 Å². The van der Waals surface area contributed by atoms with E-state index in [9.17, 15) is 19.5 Å². The summed E-state index contributed by atoms with van der Waals surface area (Å²) in [6.07, 6.45) is 5.18. The van der Waals surface area contributed by atoms with Crippen LogP contribution in [0.25, 0.3) is 0 Å². The van der Waals surface area contributed by atoms with Crippen molar-refractivity contribution in [2.45, 2.75) is 63.5 Å². The Morgan fingerprint density at radius 3 is 2.33 bits per heavy atom. The van der Waals surface area contributed by atoms with E-state index in [1.165, 1.54) is 12.8 Å². The zero-order valence-corrected chi connectivity index (χ0v) is 27.3. The van der Waals surface area contributed by atoms with Crippen LogP contribution in [0.2, 0.25) is 0 Å². The number of benzene rings is 2. The summed E-state index contributed by atoms with van der Waals surface area (Å²) in [6, 6.07) is 12.9. The van der Waals surface area contributed by atoms with E-state index < -0.39 is 12.2 Å². The minimum Gasteiger partial charge on any atom is -0.507 e. The quantitative estimate of drug-likeness (QED) is 0.396. The fourth-order valence-electron chi connectivity index (χ4n) is 7.48. The van der Waals surface area contributed by atoms with Crippen LogP contribution >= 0.6 is 15.9 Å². The van der Waals surface area contributed by atoms with Crippen molar-refractivity contribution in [3.05, 3.63) is 58.1 Å². The maximum atomic E-state index is 13.9. The number of carbonyl (C=O) groups excluding carboxylic acids is 3. The van der Waals surface area contributed by atoms with Gasteiger partial charge in [-0.25, -0.2) is 9.59 Å². The van der Waals surface area contributed by atoms with Crippen LogP contribution < -0.4 is 10.6 Å². The number of piperidine rings is 3. The Kier molecular flexibility index (Phi) is 10.1. The molecule has 0 aliphatic carbocycles. The Labute approximate surface area is 273 Å². The molecule has 3 N–H and O–H groups in total. The molecule has 2 aromatic carbocycles. The summed E-state index contributed by atoms with van der Waals surface area (Å²) in [5.41, 5.74) is 2.78. The van der Waals surface area contributed by atoms with Crippen molar-refractivity contribution in [3.8, 4) is 5.75 Å². The molecular formula is C34H44BrN5O5. The molecule has 45 heavy (non-hydrogen) atoms. The van der Waals surface area contributed by atoms with Gasteiger partial charge in [-0.3, -0.25) is 4.79 Å². The zero-order valence-electron chi connectivity index (χ0n) is 25.8. The molecule has 4 aliphatic heterocycles. The zero-order chi connectivity index (χ0) is 31.3. The molecule has 6 rings (SSSR count). The number of urea groups is 1. The molecule has 10 nitrogen and oxygen atoms in total. The summed E-state index contributed by atoms with van der Waals surface area (Å²) < 4.78 is 6.53. The highest BCUT2D eigenvalue weighted by Crippen LogP contribution is 2.32. The van der Waals surface area contributed by atoms with E-state index in [1.54, 1.807) is 23.1 Å². The van der Waals surface area contributed by atoms with E-state index in [1.807, 2.05) is 34.1 Å². The van der Waals surface area contributed by atoms with Gasteiger partial charge in [0.2, 0.25) is 0 Å². The van der Waals surface area contributed by atoms with Crippen LogP contribution in [-0.4, -0.2) is 95.8 Å². The summed E-state index contributed by atoms with van der Waals surface area (Å²) in [7, 11) is 0. The Morgan fingerprint density at radius 2 is 1.60 bits per heavy atom. The number of nitrogens with one attached hydrogen (secondary N) is 2. The van der Waals surface area contributed by atoms with E-state index in [4.69, 9.17) is 4.74 Å². The summed E-state index contributed by atoms with van der Waals surface area (Å²) in [6.45, 7) is 5.02. The van der Waals surface area contributed by atoms with E-state index in [-0.39, 0.29) is 30.2 Å². The van der Waals surface area contributed by atoms with Crippen LogP contribution in [0.4, 0.5) is 15.3 Å². The molecule has 4 aliphatic rings. The molecular weight excluding hydrogens is 638 g/mol. The van der Waals surface area contributed by atoms with Crippen LogP contribution in [-0.2, 0) is 22.4 Å². The van der Waals surface area contributed by atoms with Gasteiger partial charge in [-0.2, -0.15) is 0 Å². The second-order valence-corrected chi connectivity index (χ2v) is 13.7. The highest BCUT2D eigenvalue weighted by atomic mass is 79.9. The third kappa shape index (κ3) is 7.57. The Morgan fingerprint density at radius 1 is 0.911 bits per heavy atom. The minimum absolute atomic E-state index is 0.0244. The van der Waals surface area contributed by atoms with Crippen LogP contribution in [0.3, 0.4) is 0 Å². The maximum absolute atomic E-state index is 13.9. The van der Waals surface area contributed by atoms with Gasteiger partial charge in [0, 0.05) is 50.9 Å². The molecule has 0 aromatic heterocycles. The number of hydrogen-bond acceptors (Lipinski definition) is 6. The van der Waals surface area contributed by atoms with Crippen molar-refractivity contribution in [1.82, 2.24) is 20.0 Å². The molecule has 4 heterocycles. The Hall–Kier alpha value is -3.31. The molecule has 4 amide bonds. The Balaban J connectivity index is 1.07. The van der Waals surface area contributed by atoms with Crippen molar-refractivity contribution in [1.29, 1.82) is 0 Å². The molecule has 242 valence electrons. The molecule has 3 fully saturated rings. The number of amides is 4. The third-order valence-electron chi connectivity index (χ3n) is 10.2. The first kappa shape index (κ1) is 31.7. The summed E-state index contributed by atoms with van der Waals surface area (Å²) in [4.78, 5) is 45.8. The lowest BCUT2D eigenvalue weighted by Gasteiger charge is -2.39. The molecule has 0 bridgehead atoms. The number of phenols is 1. The van der Waals surface area contributed by atoms with Crippen LogP contribution in [0.5, 0.6) is 5.75 Å². The SMILES string of the molecule is O=C(O[C@H](Cc1ccc(O)c(Br)c1)C(=O)N1CCC(C2CCNCC2)CC1)N1CCC(N2CCc3ccccc3NC2=O)CC1. The lowest BCUT2D eigenvalue weighted by Crippen LogP contribution is -2.52. The number of phenolic OH excluding ortho intramolecular Hbond substituents is 1. The molecule has 0 spiro atoms. The van der Waals surface area contributed by atoms with Crippen LogP contribution in [0.15, 0.2) is 46.9 Å². The normalized spacial score (nSPS) is 21.1. The number of halogens is 1. The first-order chi connectivity index (χ1) is 21.9. The van der Waals surface area contributed by atoms with Gasteiger partial charge in [0.15, 0.2) is 6.10 Å². The average molecular weight is 683 g/mol. The maximum Gasteiger partial charge on any atom is 0.410 e. The van der Waals surface area contributed by atoms with Gasteiger partial charge < -0.3 is 35.2 Å². The van der Waals surface area contributed by atoms with Gasteiger partial charge in [-0.05, 0) is 115 Å². The van der Waals surface area contributed by atoms with Gasteiger partial charge >= 0.3 is 12.1 Å². The number of ether oxygens (including phenoxy) is 1. The lowest BCUT2D eigenvalue weighted by atomic mass is 9.79. The predicted molar refractivity (Wildman–Crippen MR) is 175 cm³/mol. The van der Waals surface area contributed by atoms with Crippen molar-refractivity contribution in [3.63, 3.8) is 0 Å². The number of fused-ring (bicyclic) bond motifs is 1. The third-order valence-corrected chi connectivity index (χ3v) is 10.8. The summed E-state index contributed by atoms with van der Waals surface area (Å²) >= 11 is 3.37. The number of nitrogens with zero attached hydrogens (tertiary/aromatic N) is 3. The Bertz CT molecular complexity index is 1370. The molecule has 0 radical (unpaired) electrons. The largest absolute Gasteiger partial charge is 0.507 e. The van der Waals surface area contributed by atoms with Crippen LogP contribution in [0, 0.1) is 11.8 Å². The van der Waals surface area contributed by atoms with Gasteiger partial charge in [-0.15, -0.1) is 0 Å². The molecule has 0 unspecified atom stereocenters. The van der Waals surface area contributed by atoms with Crippen molar-refractivity contribution < 1.29 is 24.2 Å². The van der Waals surface area contributed by atoms with E-state index in [0.29, 0.717) is 61.9 Å². The number of aromatic hydroxyl groups is 1. The van der Waals surface area contributed by atoms with E-state index in [2.05, 4.69) is 26.6 Å². The smallest absolute Gasteiger partial charge is 0.410 e. The van der Waals surface area contributed by atoms with Crippen molar-refractivity contribution >= 4 is 39.6 Å². The van der Waals surface area contributed by atoms with E-state index >= 15 is 0 Å². The fraction of sp³-hybridized carbons (Fsp3) is 0.559. The van der Waals surface area contributed by atoms with Gasteiger partial charge in [0.1, 0.15) is 5.75 Å². The van der Waals surface area contributed by atoms with E-state index in [0.717, 1.165) is 49.2 Å². The predicted octanol–water partition coefficient (Wildman–Crippen LogP) is 5.00. The highest BCUT2D eigenvalue weighted by molar-refractivity contribution is 9.10. The standard InChI is InChI=1S/C34H44BrN5O5/c35-28-21-23(5-6-30(28)41)22-31(32(42)38-16-9-25(10-17-38)24-7-14-36-15-8-24)45-34(44)39-18-12-27(13-19-39)40-20-11-26-3-1-2-4-29(26)37-33(40)43/h1-6,21,24-25,27,31,36,41H,7-20,22H2,(H,37,43)/t31-/m1/s1. The molecule has 3 saturated heterocycles. The van der Waals surface area contributed by atoms with Crippen LogP contribution in [0.1, 0.15) is 49.7 Å². The molecule has 11 heteroatoms. The number of para-hydroxylation sites is 1. The first-order valence-corrected chi connectivity index (χ1v) is 17.2. The molecule has 2 aromatic rings. The molecule has 0 saturated carbocycles. The summed E-state index contributed by atoms with van der Waals surface area (Å²) in [5.74, 6) is 1.30. The average Bonchev–Trinajstić information content (AvgIpc) is 3.24. The second-order valence-electron chi connectivity index (χ2n) is 12.9. The number of rotatable bonds is 6. The first-order valence-electron chi connectivity index (χ1n) is 16.4. The number of likely N-dealkylation sites (tertiary alicyclic amines) is 2. The van der Waals surface area contributed by atoms with Crippen molar-refractivity contribution in [2.24, 2.45) is 11.8 Å². The van der Waals surface area contributed by atoms with Gasteiger partial charge in [-0.1, -0.05) is 24.3 Å². The number of carbonyl (C=O) groups is 3. The fourth-order valence-corrected chi connectivity index (χ4v) is 7.90. The lowest BCUT2D eigenvalue weighted by molar-refractivity contribution is -0.142. The van der Waals surface area contributed by atoms with Gasteiger partial charge in [0.25, 0.3) is 5.91 Å². The minimum atomic E-state index is -0.961. The number of anilines is 1.